The molecule has 20 heavy (non-hydrogen) atoms. The Hall–Kier alpha value is -1.60. The summed E-state index contributed by atoms with van der Waals surface area (Å²) in [5.74, 6) is 0. The van der Waals surface area contributed by atoms with Gasteiger partial charge in [-0.15, -0.1) is 0 Å². The number of urea groups is 1. The van der Waals surface area contributed by atoms with E-state index in [-0.39, 0.29) is 6.03 Å². The minimum atomic E-state index is -0.215. The highest BCUT2D eigenvalue weighted by Gasteiger charge is 2.04. The van der Waals surface area contributed by atoms with E-state index in [0.29, 0.717) is 13.1 Å². The van der Waals surface area contributed by atoms with E-state index in [9.17, 15) is 4.79 Å². The maximum absolute atomic E-state index is 11.8. The molecule has 0 aliphatic heterocycles. The molecule has 5 heteroatoms. The van der Waals surface area contributed by atoms with Gasteiger partial charge in [-0.05, 0) is 45.9 Å². The van der Waals surface area contributed by atoms with Crippen LogP contribution < -0.4 is 16.4 Å². The van der Waals surface area contributed by atoms with Crippen molar-refractivity contribution in [3.8, 4) is 0 Å². The van der Waals surface area contributed by atoms with Crippen molar-refractivity contribution in [1.29, 1.82) is 0 Å². The second-order valence-corrected chi connectivity index (χ2v) is 5.47. The van der Waals surface area contributed by atoms with Gasteiger partial charge in [0, 0.05) is 16.7 Å². The summed E-state index contributed by atoms with van der Waals surface area (Å²) in [5.41, 5.74) is 8.49. The number of nitrogens with one attached hydrogen (secondary N) is 2. The van der Waals surface area contributed by atoms with Crippen molar-refractivity contribution in [2.45, 2.75) is 13.1 Å². The van der Waals surface area contributed by atoms with Crippen LogP contribution in [0.25, 0.3) is 0 Å². The zero-order valence-corrected chi connectivity index (χ0v) is 13.1. The Bertz CT molecular complexity index is 601. The van der Waals surface area contributed by atoms with Crippen LogP contribution in [0, 0.1) is 3.57 Å². The molecule has 4 N–H and O–H groups in total. The lowest BCUT2D eigenvalue weighted by molar-refractivity contribution is 0.251. The summed E-state index contributed by atoms with van der Waals surface area (Å²) in [6, 6.07) is 15.3. The first kappa shape index (κ1) is 14.8. The predicted molar refractivity (Wildman–Crippen MR) is 89.4 cm³/mol. The van der Waals surface area contributed by atoms with Crippen LogP contribution in [0.1, 0.15) is 11.1 Å². The number of carbonyl (C=O) groups is 1. The van der Waals surface area contributed by atoms with E-state index in [1.54, 1.807) is 0 Å². The molecule has 4 nitrogen and oxygen atoms in total. The van der Waals surface area contributed by atoms with Gasteiger partial charge in [0.1, 0.15) is 0 Å². The van der Waals surface area contributed by atoms with Crippen LogP contribution >= 0.6 is 22.6 Å². The largest absolute Gasteiger partial charge is 0.334 e. The number of benzene rings is 2. The van der Waals surface area contributed by atoms with Crippen molar-refractivity contribution >= 4 is 34.3 Å². The number of anilines is 1. The molecule has 0 saturated carbocycles. The third kappa shape index (κ3) is 4.21. The first-order valence-corrected chi connectivity index (χ1v) is 7.34. The molecular formula is C15H16IN3O. The smallest absolute Gasteiger partial charge is 0.319 e. The van der Waals surface area contributed by atoms with Crippen LogP contribution in [0.15, 0.2) is 48.5 Å². The molecule has 0 aliphatic rings. The van der Waals surface area contributed by atoms with Gasteiger partial charge in [-0.25, -0.2) is 4.79 Å². The molecule has 0 spiro atoms. The number of carbonyl (C=O) groups excluding carboxylic acids is 1. The van der Waals surface area contributed by atoms with Crippen molar-refractivity contribution in [3.05, 3.63) is 63.2 Å². The second-order valence-electron chi connectivity index (χ2n) is 4.31. The fourth-order valence-corrected chi connectivity index (χ4v) is 2.30. The third-order valence-corrected chi connectivity index (χ3v) is 3.74. The molecule has 0 aromatic heterocycles. The zero-order chi connectivity index (χ0) is 14.4. The Balaban J connectivity index is 1.90. The highest BCUT2D eigenvalue weighted by molar-refractivity contribution is 14.1. The lowest BCUT2D eigenvalue weighted by Crippen LogP contribution is -2.28. The summed E-state index contributed by atoms with van der Waals surface area (Å²) in [5, 5.41) is 5.66. The van der Waals surface area contributed by atoms with Gasteiger partial charge in [0.25, 0.3) is 0 Å². The number of rotatable bonds is 4. The van der Waals surface area contributed by atoms with Gasteiger partial charge in [0.05, 0.1) is 5.69 Å². The highest BCUT2D eigenvalue weighted by atomic mass is 127. The van der Waals surface area contributed by atoms with E-state index < -0.39 is 0 Å². The fourth-order valence-electron chi connectivity index (χ4n) is 1.78. The number of hydrogen-bond donors (Lipinski definition) is 3. The molecular weight excluding hydrogens is 365 g/mol. The van der Waals surface area contributed by atoms with Crippen LogP contribution in [0.2, 0.25) is 0 Å². The molecule has 0 atom stereocenters. The van der Waals surface area contributed by atoms with Crippen molar-refractivity contribution in [2.75, 3.05) is 5.32 Å². The van der Waals surface area contributed by atoms with E-state index in [2.05, 4.69) is 33.2 Å². The summed E-state index contributed by atoms with van der Waals surface area (Å²) >= 11 is 2.19. The Kier molecular flexibility index (Phi) is 5.37. The number of nitrogens with two attached hydrogens (primary N) is 1. The summed E-state index contributed by atoms with van der Waals surface area (Å²) < 4.78 is 1.00. The highest BCUT2D eigenvalue weighted by Crippen LogP contribution is 2.16. The molecule has 0 unspecified atom stereocenters. The molecule has 104 valence electrons. The van der Waals surface area contributed by atoms with Gasteiger partial charge in [-0.1, -0.05) is 36.4 Å². The van der Waals surface area contributed by atoms with Gasteiger partial charge >= 0.3 is 6.03 Å². The summed E-state index contributed by atoms with van der Waals surface area (Å²) in [7, 11) is 0. The Morgan fingerprint density at radius 1 is 1.10 bits per heavy atom. The van der Waals surface area contributed by atoms with Gasteiger partial charge in [-0.3, -0.25) is 0 Å². The van der Waals surface area contributed by atoms with Gasteiger partial charge in [0.2, 0.25) is 0 Å². The standard InChI is InChI=1S/C15H16IN3O/c16-13-6-1-2-7-14(13)19-15(20)18-10-12-5-3-4-11(8-12)9-17/h1-8H,9-10,17H2,(H2,18,19,20). The van der Waals surface area contributed by atoms with E-state index in [1.165, 1.54) is 0 Å². The molecule has 0 aliphatic carbocycles. The van der Waals surface area contributed by atoms with Crippen molar-refractivity contribution in [2.24, 2.45) is 5.73 Å². The van der Waals surface area contributed by atoms with Gasteiger partial charge in [-0.2, -0.15) is 0 Å². The Morgan fingerprint density at radius 2 is 1.85 bits per heavy atom. The van der Waals surface area contributed by atoms with Crippen LogP contribution in [0.5, 0.6) is 0 Å². The maximum atomic E-state index is 11.8. The summed E-state index contributed by atoms with van der Waals surface area (Å²) in [6.45, 7) is 0.978. The minimum absolute atomic E-state index is 0.215. The second kappa shape index (κ2) is 7.25. The van der Waals surface area contributed by atoms with Crippen molar-refractivity contribution < 1.29 is 4.79 Å². The van der Waals surface area contributed by atoms with Crippen LogP contribution in [0.3, 0.4) is 0 Å². The number of halogens is 1. The lowest BCUT2D eigenvalue weighted by Gasteiger charge is -2.09. The first-order valence-electron chi connectivity index (χ1n) is 6.26. The molecule has 0 radical (unpaired) electrons. The van der Waals surface area contributed by atoms with Gasteiger partial charge in [0.15, 0.2) is 0 Å². The van der Waals surface area contributed by atoms with Gasteiger partial charge < -0.3 is 16.4 Å². The van der Waals surface area contributed by atoms with E-state index >= 15 is 0 Å². The van der Waals surface area contributed by atoms with Crippen molar-refractivity contribution in [3.63, 3.8) is 0 Å². The molecule has 0 fully saturated rings. The molecule has 0 bridgehead atoms. The Morgan fingerprint density at radius 3 is 2.60 bits per heavy atom. The first-order chi connectivity index (χ1) is 9.69. The maximum Gasteiger partial charge on any atom is 0.319 e. The molecule has 2 aromatic carbocycles. The molecule has 2 aromatic rings. The number of amides is 2. The topological polar surface area (TPSA) is 67.1 Å². The molecule has 0 heterocycles. The van der Waals surface area contributed by atoms with E-state index in [4.69, 9.17) is 5.73 Å². The van der Waals surface area contributed by atoms with Crippen LogP contribution in [0.4, 0.5) is 10.5 Å². The number of hydrogen-bond acceptors (Lipinski definition) is 2. The molecule has 2 rings (SSSR count). The predicted octanol–water partition coefficient (Wildman–Crippen LogP) is 3.07. The monoisotopic (exact) mass is 381 g/mol. The summed E-state index contributed by atoms with van der Waals surface area (Å²) in [4.78, 5) is 11.8. The van der Waals surface area contributed by atoms with E-state index in [1.807, 2.05) is 48.5 Å². The quantitative estimate of drug-likeness (QED) is 0.713. The Labute approximate surface area is 131 Å². The normalized spacial score (nSPS) is 10.1. The lowest BCUT2D eigenvalue weighted by atomic mass is 10.1. The molecule has 2 amide bonds. The fraction of sp³-hybridized carbons (Fsp3) is 0.133. The third-order valence-electron chi connectivity index (χ3n) is 2.80. The van der Waals surface area contributed by atoms with Crippen molar-refractivity contribution in [1.82, 2.24) is 5.32 Å². The number of para-hydroxylation sites is 1. The van der Waals surface area contributed by atoms with Crippen LogP contribution in [-0.4, -0.2) is 6.03 Å². The average Bonchev–Trinajstić information content (AvgIpc) is 2.48. The van der Waals surface area contributed by atoms with Crippen LogP contribution in [-0.2, 0) is 13.1 Å². The van der Waals surface area contributed by atoms with E-state index in [0.717, 1.165) is 20.4 Å². The average molecular weight is 381 g/mol. The molecule has 0 saturated heterocycles. The minimum Gasteiger partial charge on any atom is -0.334 e. The zero-order valence-electron chi connectivity index (χ0n) is 10.9. The summed E-state index contributed by atoms with van der Waals surface area (Å²) in [6.07, 6.45) is 0. The SMILES string of the molecule is NCc1cccc(CNC(=O)Nc2ccccc2I)c1.